The van der Waals surface area contributed by atoms with Gasteiger partial charge < -0.3 is 25.4 Å². The summed E-state index contributed by atoms with van der Waals surface area (Å²) < 4.78 is 11.0. The Morgan fingerprint density at radius 2 is 2.03 bits per heavy atom. The van der Waals surface area contributed by atoms with E-state index in [1.54, 1.807) is 12.1 Å². The minimum Gasteiger partial charge on any atom is -0.497 e. The number of fused-ring (bicyclic) bond motifs is 1. The molecule has 1 fully saturated rings. The van der Waals surface area contributed by atoms with Crippen LogP contribution in [0.3, 0.4) is 0 Å². The summed E-state index contributed by atoms with van der Waals surface area (Å²) in [5.74, 6) is 1.37. The van der Waals surface area contributed by atoms with Gasteiger partial charge in [0.05, 0.1) is 18.5 Å². The Balaban J connectivity index is 1.29. The van der Waals surface area contributed by atoms with Crippen molar-refractivity contribution < 1.29 is 19.1 Å². The van der Waals surface area contributed by atoms with Crippen molar-refractivity contribution in [3.8, 4) is 11.5 Å². The van der Waals surface area contributed by atoms with E-state index < -0.39 is 6.03 Å². The van der Waals surface area contributed by atoms with E-state index in [0.29, 0.717) is 19.7 Å². The highest BCUT2D eigenvalue weighted by molar-refractivity contribution is 5.85. The molecule has 2 aliphatic rings. The van der Waals surface area contributed by atoms with E-state index in [1.807, 2.05) is 48.3 Å². The summed E-state index contributed by atoms with van der Waals surface area (Å²) in [6.45, 7) is 5.02. The van der Waals surface area contributed by atoms with Gasteiger partial charge in [-0.05, 0) is 42.7 Å². The number of carbonyl (C=O) groups excluding carboxylic acids is 2. The van der Waals surface area contributed by atoms with Crippen molar-refractivity contribution in [3.05, 3.63) is 47.5 Å². The van der Waals surface area contributed by atoms with Gasteiger partial charge in [0.15, 0.2) is 0 Å². The monoisotopic (exact) mass is 439 g/mol. The lowest BCUT2D eigenvalue weighted by molar-refractivity contribution is -0.129. The summed E-state index contributed by atoms with van der Waals surface area (Å²) in [6.07, 6.45) is 0.865. The zero-order valence-electron chi connectivity index (χ0n) is 18.4. The minimum atomic E-state index is -0.390. The number of rotatable bonds is 6. The van der Waals surface area contributed by atoms with E-state index >= 15 is 0 Å². The summed E-state index contributed by atoms with van der Waals surface area (Å²) in [6, 6.07) is 11.2. The second-order valence-corrected chi connectivity index (χ2v) is 7.79. The number of aryl methyl sites for hydroxylation is 1. The zero-order valence-corrected chi connectivity index (χ0v) is 18.4. The molecular formula is C23H29N5O4. The topological polar surface area (TPSA) is 95.2 Å². The number of hydrogen-bond donors (Lipinski definition) is 3. The highest BCUT2D eigenvalue weighted by atomic mass is 16.5. The van der Waals surface area contributed by atoms with Crippen LogP contribution >= 0.6 is 0 Å². The van der Waals surface area contributed by atoms with Crippen molar-refractivity contribution in [2.24, 2.45) is 0 Å². The first-order valence-corrected chi connectivity index (χ1v) is 10.8. The van der Waals surface area contributed by atoms with Crippen molar-refractivity contribution >= 4 is 23.3 Å². The number of methoxy groups -OCH3 is 1. The molecule has 0 aliphatic carbocycles. The van der Waals surface area contributed by atoms with Gasteiger partial charge in [-0.1, -0.05) is 12.1 Å². The molecule has 0 saturated carbocycles. The number of urea groups is 1. The van der Waals surface area contributed by atoms with Crippen molar-refractivity contribution in [3.63, 3.8) is 0 Å². The fraction of sp³-hybridized carbons (Fsp3) is 0.391. The van der Waals surface area contributed by atoms with E-state index in [0.717, 1.165) is 53.5 Å². The maximum Gasteiger partial charge on any atom is 0.315 e. The second-order valence-electron chi connectivity index (χ2n) is 7.79. The predicted octanol–water partition coefficient (Wildman–Crippen LogP) is 2.26. The van der Waals surface area contributed by atoms with Gasteiger partial charge >= 0.3 is 6.03 Å². The lowest BCUT2D eigenvalue weighted by atomic mass is 10.1. The second kappa shape index (κ2) is 9.67. The number of nitrogens with one attached hydrogen (secondary N) is 3. The summed E-state index contributed by atoms with van der Waals surface area (Å²) in [5, 5.41) is 12.4. The molecule has 3 amide bonds. The molecule has 3 N–H and O–H groups in total. The maximum absolute atomic E-state index is 12.8. The molecule has 0 atom stereocenters. The van der Waals surface area contributed by atoms with E-state index in [1.165, 1.54) is 0 Å². The SMILES string of the molecule is COc1ccc(C)c(N2CCCN2C(=O)CNC(=O)NCc2ccc3c(c2)OCCN3)c1. The molecule has 4 rings (SSSR count). The summed E-state index contributed by atoms with van der Waals surface area (Å²) >= 11 is 0. The number of hydrogen-bond acceptors (Lipinski definition) is 6. The molecule has 0 spiro atoms. The normalized spacial score (nSPS) is 14.8. The fourth-order valence-electron chi connectivity index (χ4n) is 3.90. The lowest BCUT2D eigenvalue weighted by Gasteiger charge is -2.31. The average molecular weight is 440 g/mol. The van der Waals surface area contributed by atoms with Crippen molar-refractivity contribution in [2.75, 3.05) is 50.2 Å². The Morgan fingerprint density at radius 1 is 1.16 bits per heavy atom. The standard InChI is InChI=1S/C23H29N5O4/c1-16-4-6-18(31-2)13-20(16)27-9-3-10-28(27)22(29)15-26-23(30)25-14-17-5-7-19-21(12-17)32-11-8-24-19/h4-7,12-13,24H,3,8-11,14-15H2,1-2H3,(H2,25,26,30). The smallest absolute Gasteiger partial charge is 0.315 e. The van der Waals surface area contributed by atoms with Gasteiger partial charge in [-0.2, -0.15) is 0 Å². The summed E-state index contributed by atoms with van der Waals surface area (Å²) in [5.41, 5.74) is 3.87. The van der Waals surface area contributed by atoms with Gasteiger partial charge in [0.1, 0.15) is 24.7 Å². The molecule has 32 heavy (non-hydrogen) atoms. The molecule has 9 heteroatoms. The van der Waals surface area contributed by atoms with Crippen LogP contribution in [0, 0.1) is 6.92 Å². The number of anilines is 2. The first-order chi connectivity index (χ1) is 15.5. The van der Waals surface area contributed by atoms with E-state index in [4.69, 9.17) is 9.47 Å². The summed E-state index contributed by atoms with van der Waals surface area (Å²) in [7, 11) is 1.62. The highest BCUT2D eigenvalue weighted by Gasteiger charge is 2.28. The highest BCUT2D eigenvalue weighted by Crippen LogP contribution is 2.30. The Labute approximate surface area is 187 Å². The minimum absolute atomic E-state index is 0.0808. The molecule has 0 aromatic heterocycles. The molecule has 0 bridgehead atoms. The van der Waals surface area contributed by atoms with Crippen molar-refractivity contribution in [1.29, 1.82) is 0 Å². The van der Waals surface area contributed by atoms with Crippen LogP contribution in [0.15, 0.2) is 36.4 Å². The third-order valence-corrected chi connectivity index (χ3v) is 5.59. The van der Waals surface area contributed by atoms with Gasteiger partial charge in [0, 0.05) is 32.2 Å². The average Bonchev–Trinajstić information content (AvgIpc) is 3.31. The third kappa shape index (κ3) is 4.82. The molecular weight excluding hydrogens is 410 g/mol. The van der Waals surface area contributed by atoms with Gasteiger partial charge in [-0.15, -0.1) is 0 Å². The van der Waals surface area contributed by atoms with Crippen LogP contribution in [0.25, 0.3) is 0 Å². The van der Waals surface area contributed by atoms with E-state index in [2.05, 4.69) is 16.0 Å². The molecule has 2 aliphatic heterocycles. The molecule has 170 valence electrons. The number of nitrogens with zero attached hydrogens (tertiary/aromatic N) is 2. The van der Waals surface area contributed by atoms with Gasteiger partial charge in [0.25, 0.3) is 5.91 Å². The molecule has 9 nitrogen and oxygen atoms in total. The van der Waals surface area contributed by atoms with Crippen molar-refractivity contribution in [2.45, 2.75) is 19.9 Å². The zero-order chi connectivity index (χ0) is 22.5. The van der Waals surface area contributed by atoms with Gasteiger partial charge in [-0.25, -0.2) is 4.79 Å². The van der Waals surface area contributed by atoms with Crippen LogP contribution in [0.2, 0.25) is 0 Å². The number of hydrazine groups is 1. The maximum atomic E-state index is 12.8. The van der Waals surface area contributed by atoms with E-state index in [9.17, 15) is 9.59 Å². The molecule has 2 aromatic rings. The first-order valence-electron chi connectivity index (χ1n) is 10.8. The Kier molecular flexibility index (Phi) is 6.53. The van der Waals surface area contributed by atoms with Gasteiger partial charge in [0.2, 0.25) is 0 Å². The quantitative estimate of drug-likeness (QED) is 0.639. The number of ether oxygens (including phenoxy) is 2. The van der Waals surface area contributed by atoms with Crippen LogP contribution < -0.4 is 30.4 Å². The predicted molar refractivity (Wildman–Crippen MR) is 122 cm³/mol. The van der Waals surface area contributed by atoms with Gasteiger partial charge in [-0.3, -0.25) is 14.8 Å². The Bertz CT molecular complexity index is 996. The number of amides is 3. The third-order valence-electron chi connectivity index (χ3n) is 5.59. The largest absolute Gasteiger partial charge is 0.497 e. The van der Waals surface area contributed by atoms with Crippen LogP contribution in [0.1, 0.15) is 17.5 Å². The van der Waals surface area contributed by atoms with Crippen LogP contribution in [0.4, 0.5) is 16.2 Å². The molecule has 0 unspecified atom stereocenters. The lowest BCUT2D eigenvalue weighted by Crippen LogP contribution is -2.48. The summed E-state index contributed by atoms with van der Waals surface area (Å²) in [4.78, 5) is 25.1. The molecule has 2 aromatic carbocycles. The molecule has 2 heterocycles. The van der Waals surface area contributed by atoms with Crippen LogP contribution in [0.5, 0.6) is 11.5 Å². The Hall–Kier alpha value is -3.62. The molecule has 1 saturated heterocycles. The number of benzene rings is 2. The van der Waals surface area contributed by atoms with Crippen LogP contribution in [-0.2, 0) is 11.3 Å². The number of carbonyl (C=O) groups is 2. The van der Waals surface area contributed by atoms with Crippen LogP contribution in [-0.4, -0.2) is 56.8 Å². The first kappa shape index (κ1) is 21.6. The Morgan fingerprint density at radius 3 is 2.88 bits per heavy atom. The van der Waals surface area contributed by atoms with Crippen molar-refractivity contribution in [1.82, 2.24) is 15.6 Å². The fourth-order valence-corrected chi connectivity index (χ4v) is 3.90. The molecule has 0 radical (unpaired) electrons. The van der Waals surface area contributed by atoms with E-state index in [-0.39, 0.29) is 12.5 Å².